The van der Waals surface area contributed by atoms with Gasteiger partial charge >= 0.3 is 0 Å². The average molecular weight is 385 g/mol. The van der Waals surface area contributed by atoms with Crippen LogP contribution in [0.25, 0.3) is 11.3 Å². The van der Waals surface area contributed by atoms with E-state index in [1.54, 1.807) is 22.7 Å². The van der Waals surface area contributed by atoms with Crippen molar-refractivity contribution < 1.29 is 9.18 Å². The molecule has 2 aromatic rings. The molecule has 1 aromatic heterocycles. The molecule has 3 rings (SSSR count). The Bertz CT molecular complexity index is 705. The number of carbonyl (C=O) groups excluding carboxylic acids is 1. The van der Waals surface area contributed by atoms with Crippen LogP contribution >= 0.6 is 24.2 Å². The van der Waals surface area contributed by atoms with Crippen LogP contribution in [0.1, 0.15) is 12.1 Å². The molecule has 0 radical (unpaired) electrons. The van der Waals surface area contributed by atoms with Crippen LogP contribution in [0.2, 0.25) is 0 Å². The van der Waals surface area contributed by atoms with Gasteiger partial charge in [0.25, 0.3) is 0 Å². The number of aromatic nitrogens is 2. The Hall–Kier alpha value is -1.57. The minimum absolute atomic E-state index is 0. The number of carbonyl (C=O) groups is 1. The van der Waals surface area contributed by atoms with Crippen LogP contribution < -0.4 is 5.32 Å². The van der Waals surface area contributed by atoms with Crippen LogP contribution in [0.5, 0.6) is 0 Å². The highest BCUT2D eigenvalue weighted by atomic mass is 35.5. The quantitative estimate of drug-likeness (QED) is 0.803. The van der Waals surface area contributed by atoms with Gasteiger partial charge in [-0.15, -0.1) is 24.2 Å². The summed E-state index contributed by atoms with van der Waals surface area (Å²) in [5.41, 5.74) is 2.49. The topological polar surface area (TPSA) is 61.0 Å². The number of aromatic amines is 1. The zero-order valence-electron chi connectivity index (χ0n) is 14.0. The minimum Gasteiger partial charge on any atom is -0.344 e. The van der Waals surface area contributed by atoms with Crippen LogP contribution in [-0.4, -0.2) is 52.3 Å². The van der Waals surface area contributed by atoms with Crippen molar-refractivity contribution in [3.05, 3.63) is 41.8 Å². The fourth-order valence-electron chi connectivity index (χ4n) is 2.72. The van der Waals surface area contributed by atoms with Gasteiger partial charge in [0, 0.05) is 36.5 Å². The molecule has 1 aromatic carbocycles. The van der Waals surface area contributed by atoms with Crippen molar-refractivity contribution in [2.75, 3.05) is 25.2 Å². The smallest absolute Gasteiger partial charge is 0.240 e. The lowest BCUT2D eigenvalue weighted by atomic mass is 10.1. The monoisotopic (exact) mass is 384 g/mol. The van der Waals surface area contributed by atoms with Crippen molar-refractivity contribution in [3.63, 3.8) is 0 Å². The highest BCUT2D eigenvalue weighted by molar-refractivity contribution is 7.99. The van der Waals surface area contributed by atoms with Gasteiger partial charge in [0.05, 0.1) is 11.7 Å². The lowest BCUT2D eigenvalue weighted by Crippen LogP contribution is -2.43. The first-order valence-electron chi connectivity index (χ1n) is 8.00. The summed E-state index contributed by atoms with van der Waals surface area (Å²) >= 11 is 1.75. The molecule has 8 heteroatoms. The molecule has 0 spiro atoms. The number of nitrogens with one attached hydrogen (secondary N) is 2. The number of rotatable bonds is 6. The van der Waals surface area contributed by atoms with Gasteiger partial charge in [-0.05, 0) is 31.0 Å². The lowest BCUT2D eigenvalue weighted by molar-refractivity contribution is -0.131. The van der Waals surface area contributed by atoms with Crippen LogP contribution in [0.15, 0.2) is 30.3 Å². The van der Waals surface area contributed by atoms with Gasteiger partial charge in [-0.25, -0.2) is 4.39 Å². The molecule has 1 aliphatic rings. The fourth-order valence-corrected chi connectivity index (χ4v) is 3.66. The SMILES string of the molecule is CN(CCCc1cc(-c2cccc(F)c2)n[nH]1)C(=O)C1CSCN1.Cl. The Labute approximate surface area is 157 Å². The van der Waals surface area contributed by atoms with E-state index >= 15 is 0 Å². The standard InChI is InChI=1S/C17H21FN4OS.ClH/c1-22(17(23)16-10-24-11-19-16)7-3-6-14-9-15(21-20-14)12-4-2-5-13(18)8-12;/h2,4-5,8-9,16,19H,3,6-7,10-11H2,1H3,(H,20,21);1H. The average Bonchev–Trinajstić information content (AvgIpc) is 3.26. The molecule has 2 N–H and O–H groups in total. The Morgan fingerprint density at radius 1 is 1.44 bits per heavy atom. The van der Waals surface area contributed by atoms with E-state index in [0.29, 0.717) is 6.54 Å². The first-order chi connectivity index (χ1) is 11.6. The van der Waals surface area contributed by atoms with Crippen molar-refractivity contribution in [1.82, 2.24) is 20.4 Å². The predicted octanol–water partition coefficient (Wildman–Crippen LogP) is 2.69. The highest BCUT2D eigenvalue weighted by Gasteiger charge is 2.24. The largest absolute Gasteiger partial charge is 0.344 e. The molecule has 1 amide bonds. The maximum absolute atomic E-state index is 13.3. The molecule has 1 aliphatic heterocycles. The summed E-state index contributed by atoms with van der Waals surface area (Å²) in [4.78, 5) is 14.0. The Kier molecular flexibility index (Phi) is 7.28. The van der Waals surface area contributed by atoms with E-state index in [1.165, 1.54) is 12.1 Å². The molecule has 1 unspecified atom stereocenters. The summed E-state index contributed by atoms with van der Waals surface area (Å²) in [6, 6.07) is 8.29. The van der Waals surface area contributed by atoms with Gasteiger partial charge in [0.2, 0.25) is 5.91 Å². The van der Waals surface area contributed by atoms with Crippen molar-refractivity contribution >= 4 is 30.1 Å². The van der Waals surface area contributed by atoms with Gasteiger partial charge < -0.3 is 4.90 Å². The van der Waals surface area contributed by atoms with E-state index in [0.717, 1.165) is 41.4 Å². The third-order valence-corrected chi connectivity index (χ3v) is 5.02. The van der Waals surface area contributed by atoms with E-state index in [9.17, 15) is 9.18 Å². The fraction of sp³-hybridized carbons (Fsp3) is 0.412. The molecular formula is C17H22ClFN4OS. The van der Waals surface area contributed by atoms with Crippen molar-refractivity contribution in [3.8, 4) is 11.3 Å². The summed E-state index contributed by atoms with van der Waals surface area (Å²) in [6.45, 7) is 0.704. The summed E-state index contributed by atoms with van der Waals surface area (Å²) in [5.74, 6) is 1.59. The van der Waals surface area contributed by atoms with Crippen LogP contribution in [0, 0.1) is 5.82 Å². The van der Waals surface area contributed by atoms with Crippen molar-refractivity contribution in [2.24, 2.45) is 0 Å². The molecule has 25 heavy (non-hydrogen) atoms. The summed E-state index contributed by atoms with van der Waals surface area (Å²) < 4.78 is 13.3. The molecular weight excluding hydrogens is 363 g/mol. The number of nitrogens with zero attached hydrogens (tertiary/aromatic N) is 2. The number of likely N-dealkylation sites (N-methyl/N-ethyl adjacent to an activating group) is 1. The third kappa shape index (κ3) is 5.20. The molecule has 5 nitrogen and oxygen atoms in total. The zero-order valence-corrected chi connectivity index (χ0v) is 15.6. The van der Waals surface area contributed by atoms with E-state index in [2.05, 4.69) is 15.5 Å². The Morgan fingerprint density at radius 3 is 3.00 bits per heavy atom. The maximum atomic E-state index is 13.3. The van der Waals surface area contributed by atoms with Gasteiger partial charge in [0.1, 0.15) is 5.82 Å². The van der Waals surface area contributed by atoms with E-state index in [-0.39, 0.29) is 30.2 Å². The molecule has 2 heterocycles. The van der Waals surface area contributed by atoms with Gasteiger partial charge in [-0.2, -0.15) is 5.10 Å². The number of H-pyrrole nitrogens is 1. The minimum atomic E-state index is -0.268. The van der Waals surface area contributed by atoms with Crippen LogP contribution in [-0.2, 0) is 11.2 Å². The summed E-state index contributed by atoms with van der Waals surface area (Å²) in [5, 5.41) is 10.4. The maximum Gasteiger partial charge on any atom is 0.240 e. The van der Waals surface area contributed by atoms with Crippen LogP contribution in [0.4, 0.5) is 4.39 Å². The van der Waals surface area contributed by atoms with Crippen molar-refractivity contribution in [2.45, 2.75) is 18.9 Å². The number of hydrogen-bond acceptors (Lipinski definition) is 4. The number of aryl methyl sites for hydroxylation is 1. The Balaban J connectivity index is 0.00000225. The first kappa shape index (κ1) is 19.8. The summed E-state index contributed by atoms with van der Waals surface area (Å²) in [7, 11) is 1.85. The van der Waals surface area contributed by atoms with Gasteiger partial charge in [-0.1, -0.05) is 12.1 Å². The molecule has 0 bridgehead atoms. The summed E-state index contributed by atoms with van der Waals surface area (Å²) in [6.07, 6.45) is 1.65. The Morgan fingerprint density at radius 2 is 2.28 bits per heavy atom. The highest BCUT2D eigenvalue weighted by Crippen LogP contribution is 2.19. The normalized spacial score (nSPS) is 16.5. The second kappa shape index (κ2) is 9.22. The number of thioether (sulfide) groups is 1. The molecule has 1 atom stereocenters. The van der Waals surface area contributed by atoms with Crippen LogP contribution in [0.3, 0.4) is 0 Å². The second-order valence-electron chi connectivity index (χ2n) is 5.92. The third-order valence-electron chi connectivity index (χ3n) is 4.08. The second-order valence-corrected chi connectivity index (χ2v) is 6.95. The molecule has 0 saturated carbocycles. The van der Waals surface area contributed by atoms with Gasteiger partial charge in [-0.3, -0.25) is 15.2 Å². The molecule has 0 aliphatic carbocycles. The van der Waals surface area contributed by atoms with E-state index in [4.69, 9.17) is 0 Å². The number of amides is 1. The molecule has 1 fully saturated rings. The zero-order chi connectivity index (χ0) is 16.9. The van der Waals surface area contributed by atoms with Crippen molar-refractivity contribution in [1.29, 1.82) is 0 Å². The van der Waals surface area contributed by atoms with E-state index in [1.807, 2.05) is 19.2 Å². The number of benzene rings is 1. The van der Waals surface area contributed by atoms with Gasteiger partial charge in [0.15, 0.2) is 0 Å². The lowest BCUT2D eigenvalue weighted by Gasteiger charge is -2.20. The van der Waals surface area contributed by atoms with E-state index < -0.39 is 0 Å². The molecule has 136 valence electrons. The molecule has 1 saturated heterocycles. The first-order valence-corrected chi connectivity index (χ1v) is 9.15. The number of hydrogen-bond donors (Lipinski definition) is 2. The predicted molar refractivity (Wildman–Crippen MR) is 101 cm³/mol. The number of halogens is 2.